The predicted octanol–water partition coefficient (Wildman–Crippen LogP) is 3.32. The molecule has 0 fully saturated rings. The summed E-state index contributed by atoms with van der Waals surface area (Å²) in [6, 6.07) is 11.8. The van der Waals surface area contributed by atoms with E-state index in [2.05, 4.69) is 10.3 Å². The van der Waals surface area contributed by atoms with Crippen LogP contribution in [0.1, 0.15) is 15.9 Å². The number of carboxylic acid groups (broad SMARTS) is 1. The van der Waals surface area contributed by atoms with Gasteiger partial charge in [-0.25, -0.2) is 14.2 Å². The molecule has 116 valence electrons. The zero-order chi connectivity index (χ0) is 16.2. The Balaban J connectivity index is 1.69. The predicted molar refractivity (Wildman–Crippen MR) is 84.3 cm³/mol. The number of aromatic nitrogens is 2. The molecule has 1 heterocycles. The van der Waals surface area contributed by atoms with Crippen molar-refractivity contribution >= 4 is 11.7 Å². The largest absolute Gasteiger partial charge is 0.478 e. The highest BCUT2D eigenvalue weighted by Crippen LogP contribution is 2.16. The highest BCUT2D eigenvalue weighted by atomic mass is 19.1. The summed E-state index contributed by atoms with van der Waals surface area (Å²) in [5.41, 5.74) is 2.24. The quantitative estimate of drug-likeness (QED) is 0.758. The van der Waals surface area contributed by atoms with Crippen LogP contribution in [0.15, 0.2) is 61.2 Å². The van der Waals surface area contributed by atoms with Crippen molar-refractivity contribution in [1.29, 1.82) is 0 Å². The minimum absolute atomic E-state index is 0.342. The molecular weight excluding hydrogens is 297 g/mol. The first-order chi connectivity index (χ1) is 11.1. The highest BCUT2D eigenvalue weighted by Gasteiger charge is 2.10. The van der Waals surface area contributed by atoms with Crippen LogP contribution in [0, 0.1) is 5.82 Å². The SMILES string of the molecule is O=C(O)c1cc(NCc2ccc(-n3ccnc3)cc2)ccc1F. The van der Waals surface area contributed by atoms with Crippen molar-refractivity contribution in [3.8, 4) is 5.69 Å². The zero-order valence-corrected chi connectivity index (χ0v) is 12.1. The highest BCUT2D eigenvalue weighted by molar-refractivity contribution is 5.89. The van der Waals surface area contributed by atoms with Gasteiger partial charge in [0.2, 0.25) is 0 Å². The summed E-state index contributed by atoms with van der Waals surface area (Å²) in [7, 11) is 0. The standard InChI is InChI=1S/C17H14FN3O2/c18-16-6-3-13(9-15(16)17(22)23)20-10-12-1-4-14(5-2-12)21-8-7-19-11-21/h1-9,11,20H,10H2,(H,22,23). The molecule has 23 heavy (non-hydrogen) atoms. The number of anilines is 1. The fraction of sp³-hybridized carbons (Fsp3) is 0.0588. The molecule has 2 aromatic carbocycles. The van der Waals surface area contributed by atoms with Crippen molar-refractivity contribution in [1.82, 2.24) is 9.55 Å². The third-order valence-electron chi connectivity index (χ3n) is 3.43. The number of benzene rings is 2. The van der Waals surface area contributed by atoms with E-state index in [-0.39, 0.29) is 5.56 Å². The average molecular weight is 311 g/mol. The maximum Gasteiger partial charge on any atom is 0.338 e. The Morgan fingerprint density at radius 2 is 2.00 bits per heavy atom. The minimum Gasteiger partial charge on any atom is -0.478 e. The zero-order valence-electron chi connectivity index (χ0n) is 12.1. The van der Waals surface area contributed by atoms with Crippen LogP contribution in [-0.4, -0.2) is 20.6 Å². The second-order valence-corrected chi connectivity index (χ2v) is 4.99. The number of carboxylic acids is 1. The first-order valence-corrected chi connectivity index (χ1v) is 6.97. The number of nitrogens with zero attached hydrogens (tertiary/aromatic N) is 2. The topological polar surface area (TPSA) is 67.2 Å². The molecule has 2 N–H and O–H groups in total. The number of carbonyl (C=O) groups is 1. The third-order valence-corrected chi connectivity index (χ3v) is 3.43. The van der Waals surface area contributed by atoms with Crippen LogP contribution in [0.2, 0.25) is 0 Å². The number of hydrogen-bond donors (Lipinski definition) is 2. The molecule has 0 radical (unpaired) electrons. The summed E-state index contributed by atoms with van der Waals surface area (Å²) in [6.45, 7) is 0.509. The van der Waals surface area contributed by atoms with Crippen LogP contribution < -0.4 is 5.32 Å². The Hall–Kier alpha value is -3.15. The summed E-state index contributed by atoms with van der Waals surface area (Å²) in [5.74, 6) is -2.02. The van der Waals surface area contributed by atoms with Gasteiger partial charge in [0.25, 0.3) is 0 Å². The lowest BCUT2D eigenvalue weighted by molar-refractivity contribution is 0.0692. The molecule has 0 spiro atoms. The molecule has 0 aliphatic heterocycles. The summed E-state index contributed by atoms with van der Waals surface area (Å²) in [6.07, 6.45) is 5.29. The maximum absolute atomic E-state index is 13.3. The van der Waals surface area contributed by atoms with E-state index in [0.29, 0.717) is 12.2 Å². The van der Waals surface area contributed by atoms with E-state index in [4.69, 9.17) is 5.11 Å². The Kier molecular flexibility index (Phi) is 4.05. The Bertz CT molecular complexity index is 814. The first-order valence-electron chi connectivity index (χ1n) is 6.97. The van der Waals surface area contributed by atoms with Gasteiger partial charge in [-0.1, -0.05) is 12.1 Å². The van der Waals surface area contributed by atoms with Gasteiger partial charge in [-0.15, -0.1) is 0 Å². The summed E-state index contributed by atoms with van der Waals surface area (Å²) in [5, 5.41) is 12.0. The van der Waals surface area contributed by atoms with Gasteiger partial charge >= 0.3 is 5.97 Å². The molecule has 0 amide bonds. The smallest absolute Gasteiger partial charge is 0.338 e. The van der Waals surface area contributed by atoms with Crippen LogP contribution in [0.4, 0.5) is 10.1 Å². The Morgan fingerprint density at radius 1 is 1.22 bits per heavy atom. The molecule has 0 aliphatic carbocycles. The van der Waals surface area contributed by atoms with Crippen molar-refractivity contribution in [3.63, 3.8) is 0 Å². The number of halogens is 1. The molecule has 3 rings (SSSR count). The van der Waals surface area contributed by atoms with Gasteiger partial charge in [-0.05, 0) is 35.9 Å². The van der Waals surface area contributed by atoms with E-state index in [1.165, 1.54) is 12.1 Å². The lowest BCUT2D eigenvalue weighted by Gasteiger charge is -2.09. The van der Waals surface area contributed by atoms with Crippen LogP contribution in [0.3, 0.4) is 0 Å². The van der Waals surface area contributed by atoms with Crippen molar-refractivity contribution < 1.29 is 14.3 Å². The van der Waals surface area contributed by atoms with Crippen molar-refractivity contribution in [2.24, 2.45) is 0 Å². The van der Waals surface area contributed by atoms with E-state index in [1.54, 1.807) is 12.5 Å². The van der Waals surface area contributed by atoms with Crippen LogP contribution >= 0.6 is 0 Å². The van der Waals surface area contributed by atoms with Gasteiger partial charge in [0.05, 0.1) is 11.9 Å². The Morgan fingerprint density at radius 3 is 2.65 bits per heavy atom. The number of aromatic carboxylic acids is 1. The molecule has 0 saturated carbocycles. The fourth-order valence-electron chi connectivity index (χ4n) is 2.20. The summed E-state index contributed by atoms with van der Waals surface area (Å²) >= 11 is 0. The fourth-order valence-corrected chi connectivity index (χ4v) is 2.20. The van der Waals surface area contributed by atoms with Crippen molar-refractivity contribution in [2.45, 2.75) is 6.54 Å². The molecule has 0 bridgehead atoms. The molecule has 0 aliphatic rings. The molecule has 5 nitrogen and oxygen atoms in total. The van der Waals surface area contributed by atoms with E-state index >= 15 is 0 Å². The molecule has 3 aromatic rings. The van der Waals surface area contributed by atoms with Gasteiger partial charge < -0.3 is 15.0 Å². The second-order valence-electron chi connectivity index (χ2n) is 4.99. The number of nitrogens with one attached hydrogen (secondary N) is 1. The van der Waals surface area contributed by atoms with E-state index in [0.717, 1.165) is 17.3 Å². The summed E-state index contributed by atoms with van der Waals surface area (Å²) < 4.78 is 15.2. The number of imidazole rings is 1. The van der Waals surface area contributed by atoms with Crippen LogP contribution in [0.25, 0.3) is 5.69 Å². The van der Waals surface area contributed by atoms with Gasteiger partial charge in [-0.2, -0.15) is 0 Å². The molecule has 6 heteroatoms. The second kappa shape index (κ2) is 6.31. The van der Waals surface area contributed by atoms with Gasteiger partial charge in [0, 0.05) is 30.3 Å². The third kappa shape index (κ3) is 3.37. The van der Waals surface area contributed by atoms with Crippen LogP contribution in [-0.2, 0) is 6.54 Å². The van der Waals surface area contributed by atoms with Crippen LogP contribution in [0.5, 0.6) is 0 Å². The molecule has 0 saturated heterocycles. The summed E-state index contributed by atoms with van der Waals surface area (Å²) in [4.78, 5) is 14.9. The lowest BCUT2D eigenvalue weighted by Crippen LogP contribution is -2.04. The van der Waals surface area contributed by atoms with E-state index < -0.39 is 11.8 Å². The van der Waals surface area contributed by atoms with Gasteiger partial charge in [-0.3, -0.25) is 0 Å². The van der Waals surface area contributed by atoms with E-state index in [9.17, 15) is 9.18 Å². The lowest BCUT2D eigenvalue weighted by atomic mass is 10.1. The van der Waals surface area contributed by atoms with Gasteiger partial charge in [0.1, 0.15) is 5.82 Å². The first kappa shape index (κ1) is 14.8. The van der Waals surface area contributed by atoms with Crippen molar-refractivity contribution in [3.05, 3.63) is 78.1 Å². The maximum atomic E-state index is 13.3. The minimum atomic E-state index is -1.28. The van der Waals surface area contributed by atoms with Crippen molar-refractivity contribution in [2.75, 3.05) is 5.32 Å². The normalized spacial score (nSPS) is 10.5. The number of hydrogen-bond acceptors (Lipinski definition) is 3. The molecule has 0 unspecified atom stereocenters. The Labute approximate surface area is 132 Å². The molecule has 0 atom stereocenters. The average Bonchev–Trinajstić information content (AvgIpc) is 3.09. The monoisotopic (exact) mass is 311 g/mol. The van der Waals surface area contributed by atoms with Gasteiger partial charge in [0.15, 0.2) is 0 Å². The number of rotatable bonds is 5. The molecular formula is C17H14FN3O2. The van der Waals surface area contributed by atoms with E-state index in [1.807, 2.05) is 35.0 Å². The molecule has 1 aromatic heterocycles.